The molecule has 0 fully saturated rings. The lowest BCUT2D eigenvalue weighted by atomic mass is 10.0. The summed E-state index contributed by atoms with van der Waals surface area (Å²) in [5, 5.41) is 7.50. The summed E-state index contributed by atoms with van der Waals surface area (Å²) in [6.07, 6.45) is 3.25. The van der Waals surface area contributed by atoms with Crippen LogP contribution in [0.1, 0.15) is 42.1 Å². The smallest absolute Gasteiger partial charge is 0.249 e. The van der Waals surface area contributed by atoms with Crippen molar-refractivity contribution in [2.75, 3.05) is 5.32 Å². The second-order valence-corrected chi connectivity index (χ2v) is 7.62. The minimum Gasteiger partial charge on any atom is -0.306 e. The van der Waals surface area contributed by atoms with E-state index in [2.05, 4.69) is 36.4 Å². The number of aromatic nitrogens is 2. The summed E-state index contributed by atoms with van der Waals surface area (Å²) in [4.78, 5) is 12.2. The van der Waals surface area contributed by atoms with Gasteiger partial charge in [-0.1, -0.05) is 55.8 Å². The predicted molar refractivity (Wildman–Crippen MR) is 116 cm³/mol. The highest BCUT2D eigenvalue weighted by atomic mass is 35.5. The van der Waals surface area contributed by atoms with Gasteiger partial charge in [-0.2, -0.15) is 5.10 Å². The highest BCUT2D eigenvalue weighted by molar-refractivity contribution is 6.31. The Balaban J connectivity index is 1.64. The maximum Gasteiger partial charge on any atom is 0.249 e. The van der Waals surface area contributed by atoms with Gasteiger partial charge in [0, 0.05) is 22.9 Å². The summed E-state index contributed by atoms with van der Waals surface area (Å²) in [5.74, 6) is 0.280. The highest BCUT2D eigenvalue weighted by Gasteiger charge is 2.09. The topological polar surface area (TPSA) is 46.9 Å². The van der Waals surface area contributed by atoms with Crippen LogP contribution in [0.2, 0.25) is 5.02 Å². The molecule has 1 amide bonds. The Morgan fingerprint density at radius 2 is 1.93 bits per heavy atom. The number of anilines is 1. The minimum absolute atomic E-state index is 0.262. The standard InChI is InChI=1S/C23H23ClFN3O/c1-15(2)18-7-4-17(5-8-18)6-11-23(29)26-22-12-16(3)28(27-22)14-19-9-10-20(25)13-21(19)24/h4-13,15H,14H2,1-3H3,(H,26,27,29)/b11-6+. The van der Waals surface area contributed by atoms with Crippen LogP contribution in [-0.4, -0.2) is 15.7 Å². The van der Waals surface area contributed by atoms with Crippen LogP contribution < -0.4 is 5.32 Å². The van der Waals surface area contributed by atoms with E-state index in [1.807, 2.05) is 19.1 Å². The summed E-state index contributed by atoms with van der Waals surface area (Å²) in [6.45, 7) is 6.55. The van der Waals surface area contributed by atoms with E-state index in [0.29, 0.717) is 23.3 Å². The second kappa shape index (κ2) is 9.05. The van der Waals surface area contributed by atoms with Crippen molar-refractivity contribution in [3.05, 3.63) is 87.8 Å². The summed E-state index contributed by atoms with van der Waals surface area (Å²) in [7, 11) is 0. The molecule has 1 N–H and O–H groups in total. The molecule has 0 bridgehead atoms. The van der Waals surface area contributed by atoms with Gasteiger partial charge in [0.2, 0.25) is 5.91 Å². The Labute approximate surface area is 175 Å². The van der Waals surface area contributed by atoms with Gasteiger partial charge in [0.15, 0.2) is 5.82 Å². The molecule has 4 nitrogen and oxygen atoms in total. The number of halogens is 2. The van der Waals surface area contributed by atoms with E-state index in [1.165, 1.54) is 23.8 Å². The maximum absolute atomic E-state index is 13.2. The van der Waals surface area contributed by atoms with E-state index >= 15 is 0 Å². The summed E-state index contributed by atoms with van der Waals surface area (Å²) < 4.78 is 14.9. The van der Waals surface area contributed by atoms with Crippen LogP contribution in [0.5, 0.6) is 0 Å². The zero-order valence-corrected chi connectivity index (χ0v) is 17.4. The molecule has 0 aliphatic heterocycles. The molecular weight excluding hydrogens is 389 g/mol. The molecule has 0 spiro atoms. The third-order valence-corrected chi connectivity index (χ3v) is 4.95. The van der Waals surface area contributed by atoms with Crippen LogP contribution in [0.3, 0.4) is 0 Å². The molecule has 0 unspecified atom stereocenters. The molecular formula is C23H23ClFN3O. The molecule has 0 atom stereocenters. The molecule has 150 valence electrons. The number of benzene rings is 2. The molecule has 0 radical (unpaired) electrons. The van der Waals surface area contributed by atoms with Gasteiger partial charge in [0.1, 0.15) is 5.82 Å². The summed E-state index contributed by atoms with van der Waals surface area (Å²) in [6, 6.07) is 14.2. The zero-order valence-electron chi connectivity index (χ0n) is 16.6. The van der Waals surface area contributed by atoms with Crippen LogP contribution >= 0.6 is 11.6 Å². The lowest BCUT2D eigenvalue weighted by Gasteiger charge is -2.06. The number of aryl methyl sites for hydroxylation is 1. The Morgan fingerprint density at radius 3 is 2.59 bits per heavy atom. The fourth-order valence-electron chi connectivity index (χ4n) is 2.87. The first-order chi connectivity index (χ1) is 13.8. The fourth-order valence-corrected chi connectivity index (χ4v) is 3.10. The third-order valence-electron chi connectivity index (χ3n) is 4.60. The first-order valence-electron chi connectivity index (χ1n) is 9.39. The van der Waals surface area contributed by atoms with Crippen molar-refractivity contribution in [3.8, 4) is 0 Å². The van der Waals surface area contributed by atoms with Crippen LogP contribution in [0.15, 0.2) is 54.6 Å². The number of hydrogen-bond donors (Lipinski definition) is 1. The number of hydrogen-bond acceptors (Lipinski definition) is 2. The predicted octanol–water partition coefficient (Wildman–Crippen LogP) is 5.81. The molecule has 2 aromatic carbocycles. The minimum atomic E-state index is -0.380. The molecule has 0 aliphatic rings. The maximum atomic E-state index is 13.2. The second-order valence-electron chi connectivity index (χ2n) is 7.21. The molecule has 29 heavy (non-hydrogen) atoms. The van der Waals surface area contributed by atoms with Crippen molar-refractivity contribution >= 4 is 29.4 Å². The normalized spacial score (nSPS) is 11.4. The van der Waals surface area contributed by atoms with Gasteiger partial charge >= 0.3 is 0 Å². The van der Waals surface area contributed by atoms with Gasteiger partial charge in [0.05, 0.1) is 6.54 Å². The first-order valence-corrected chi connectivity index (χ1v) is 9.77. The Morgan fingerprint density at radius 1 is 1.21 bits per heavy atom. The monoisotopic (exact) mass is 411 g/mol. The van der Waals surface area contributed by atoms with E-state index in [-0.39, 0.29) is 11.7 Å². The summed E-state index contributed by atoms with van der Waals surface area (Å²) >= 11 is 6.09. The number of rotatable bonds is 6. The zero-order chi connectivity index (χ0) is 21.0. The van der Waals surface area contributed by atoms with Crippen LogP contribution in [0.25, 0.3) is 6.08 Å². The van der Waals surface area contributed by atoms with E-state index in [4.69, 9.17) is 11.6 Å². The van der Waals surface area contributed by atoms with Gasteiger partial charge in [0.25, 0.3) is 0 Å². The largest absolute Gasteiger partial charge is 0.306 e. The van der Waals surface area contributed by atoms with Gasteiger partial charge in [-0.15, -0.1) is 0 Å². The third kappa shape index (κ3) is 5.55. The lowest BCUT2D eigenvalue weighted by molar-refractivity contribution is -0.111. The van der Waals surface area contributed by atoms with Crippen molar-refractivity contribution < 1.29 is 9.18 Å². The molecule has 1 heterocycles. The Bertz CT molecular complexity index is 1040. The quantitative estimate of drug-likeness (QED) is 0.520. The van der Waals surface area contributed by atoms with Gasteiger partial charge in [-0.25, -0.2) is 4.39 Å². The van der Waals surface area contributed by atoms with Gasteiger partial charge < -0.3 is 5.32 Å². The number of nitrogens with one attached hydrogen (secondary N) is 1. The van der Waals surface area contributed by atoms with E-state index in [1.54, 1.807) is 22.9 Å². The van der Waals surface area contributed by atoms with E-state index in [0.717, 1.165) is 16.8 Å². The molecule has 1 aromatic heterocycles. The Hall–Kier alpha value is -2.92. The molecule has 0 saturated heterocycles. The van der Waals surface area contributed by atoms with Crippen LogP contribution in [0, 0.1) is 12.7 Å². The molecule has 3 rings (SSSR count). The van der Waals surface area contributed by atoms with Crippen molar-refractivity contribution in [2.24, 2.45) is 0 Å². The number of amides is 1. The molecule has 0 saturated carbocycles. The SMILES string of the molecule is Cc1cc(NC(=O)/C=C/c2ccc(C(C)C)cc2)nn1Cc1ccc(F)cc1Cl. The van der Waals surface area contributed by atoms with Crippen molar-refractivity contribution in [2.45, 2.75) is 33.2 Å². The van der Waals surface area contributed by atoms with Crippen LogP contribution in [-0.2, 0) is 11.3 Å². The average molecular weight is 412 g/mol. The Kier molecular flexibility index (Phi) is 6.49. The summed E-state index contributed by atoms with van der Waals surface area (Å²) in [5.41, 5.74) is 3.82. The lowest BCUT2D eigenvalue weighted by Crippen LogP contribution is -2.10. The van der Waals surface area contributed by atoms with Gasteiger partial charge in [-0.05, 0) is 47.7 Å². The van der Waals surface area contributed by atoms with Crippen LogP contribution in [0.4, 0.5) is 10.2 Å². The van der Waals surface area contributed by atoms with E-state index in [9.17, 15) is 9.18 Å². The number of carbonyl (C=O) groups excluding carboxylic acids is 1. The number of nitrogens with zero attached hydrogens (tertiary/aromatic N) is 2. The first kappa shape index (κ1) is 20.8. The van der Waals surface area contributed by atoms with Crippen molar-refractivity contribution in [1.82, 2.24) is 9.78 Å². The molecule has 3 aromatic rings. The van der Waals surface area contributed by atoms with Crippen molar-refractivity contribution in [3.63, 3.8) is 0 Å². The average Bonchev–Trinajstić information content (AvgIpc) is 3.01. The molecule has 0 aliphatic carbocycles. The van der Waals surface area contributed by atoms with Crippen molar-refractivity contribution in [1.29, 1.82) is 0 Å². The van der Waals surface area contributed by atoms with Gasteiger partial charge in [-0.3, -0.25) is 9.48 Å². The molecule has 6 heteroatoms. The highest BCUT2D eigenvalue weighted by Crippen LogP contribution is 2.20. The number of carbonyl (C=O) groups is 1. The fraction of sp³-hybridized carbons (Fsp3) is 0.217. The van der Waals surface area contributed by atoms with E-state index < -0.39 is 0 Å².